The van der Waals surface area contributed by atoms with Crippen LogP contribution in [0.5, 0.6) is 0 Å². The second-order valence-electron chi connectivity index (χ2n) is 3.75. The molecule has 0 saturated carbocycles. The van der Waals surface area contributed by atoms with E-state index in [0.29, 0.717) is 5.56 Å². The Hall–Kier alpha value is -1.73. The number of methoxy groups -OCH3 is 1. The number of ether oxygens (including phenoxy) is 1. The number of nitrogens with zero attached hydrogens (tertiary/aromatic N) is 2. The lowest BCUT2D eigenvalue weighted by atomic mass is 10.1. The summed E-state index contributed by atoms with van der Waals surface area (Å²) in [6.45, 7) is 0. The van der Waals surface area contributed by atoms with Crippen LogP contribution in [0.15, 0.2) is 40.3 Å². The van der Waals surface area contributed by atoms with Crippen molar-refractivity contribution in [3.8, 4) is 0 Å². The molecule has 0 bridgehead atoms. The predicted molar refractivity (Wildman–Crippen MR) is 85.2 cm³/mol. The van der Waals surface area contributed by atoms with Crippen LogP contribution in [-0.2, 0) is 9.53 Å². The van der Waals surface area contributed by atoms with Crippen LogP contribution in [0.25, 0.3) is 0 Å². The Kier molecular flexibility index (Phi) is 5.84. The van der Waals surface area contributed by atoms with E-state index >= 15 is 0 Å². The molecule has 0 atom stereocenters. The monoisotopic (exact) mass is 354 g/mol. The number of carbonyl (C=O) groups excluding carboxylic acids is 2. The van der Waals surface area contributed by atoms with Gasteiger partial charge in [0, 0.05) is 5.56 Å². The molecular weight excluding hydrogens is 344 g/mol. The van der Waals surface area contributed by atoms with E-state index < -0.39 is 5.97 Å². The Morgan fingerprint density at radius 2 is 1.85 bits per heavy atom. The highest BCUT2D eigenvalue weighted by Crippen LogP contribution is 2.09. The van der Waals surface area contributed by atoms with Gasteiger partial charge in [-0.05, 0) is 0 Å². The van der Waals surface area contributed by atoms with Crippen LogP contribution in [0.4, 0.5) is 0 Å². The van der Waals surface area contributed by atoms with Crippen LogP contribution in [0.3, 0.4) is 0 Å². The summed E-state index contributed by atoms with van der Waals surface area (Å²) in [6, 6.07) is 8.80. The van der Waals surface area contributed by atoms with Crippen molar-refractivity contribution < 1.29 is 14.3 Å². The summed E-state index contributed by atoms with van der Waals surface area (Å²) >= 11 is 4.90. The molecular formula is C13H11BrN2O3S. The molecule has 0 aliphatic carbocycles. The van der Waals surface area contributed by atoms with Gasteiger partial charge in [-0.1, -0.05) is 42.5 Å². The Bertz CT molecular complexity index is 611. The molecule has 2 rings (SSSR count). The maximum Gasteiger partial charge on any atom is 0.359 e. The molecule has 5 nitrogen and oxygen atoms in total. The lowest BCUT2D eigenvalue weighted by Crippen LogP contribution is -2.20. The molecule has 7 heteroatoms. The molecule has 0 spiro atoms. The summed E-state index contributed by atoms with van der Waals surface area (Å²) in [7, 11) is 1.24. The van der Waals surface area contributed by atoms with Gasteiger partial charge in [0.15, 0.2) is 16.5 Å². The molecule has 0 saturated heterocycles. The highest BCUT2D eigenvalue weighted by atomic mass is 79.9. The van der Waals surface area contributed by atoms with Crippen molar-refractivity contribution in [3.63, 3.8) is 0 Å². The lowest BCUT2D eigenvalue weighted by molar-refractivity contribution is -0.132. The topological polar surface area (TPSA) is 68.1 Å². The number of rotatable bonds is 4. The minimum atomic E-state index is -0.643. The van der Waals surface area contributed by atoms with Gasteiger partial charge in [-0.3, -0.25) is 4.79 Å². The summed E-state index contributed by atoms with van der Waals surface area (Å²) in [5.74, 6) is -0.535. The summed E-state index contributed by atoms with van der Waals surface area (Å²) in [4.78, 5) is 31.2. The second-order valence-corrected chi connectivity index (χ2v) is 4.14. The summed E-state index contributed by atoms with van der Waals surface area (Å²) < 4.78 is 4.53. The van der Waals surface area contributed by atoms with E-state index in [9.17, 15) is 9.59 Å². The van der Waals surface area contributed by atoms with Crippen molar-refractivity contribution in [1.29, 1.82) is 0 Å². The van der Waals surface area contributed by atoms with E-state index in [-0.39, 0.29) is 45.7 Å². The number of hydrogen-bond acceptors (Lipinski definition) is 5. The van der Waals surface area contributed by atoms with E-state index in [1.807, 2.05) is 6.07 Å². The molecule has 0 N–H and O–H groups in total. The maximum absolute atomic E-state index is 11.9. The van der Waals surface area contributed by atoms with Crippen molar-refractivity contribution in [1.82, 2.24) is 0 Å². The number of halogens is 1. The zero-order chi connectivity index (χ0) is 13.8. The molecule has 20 heavy (non-hydrogen) atoms. The molecule has 1 heterocycles. The minimum absolute atomic E-state index is 0. The van der Waals surface area contributed by atoms with Crippen LogP contribution < -0.4 is 0 Å². The van der Waals surface area contributed by atoms with Crippen LogP contribution in [-0.4, -0.2) is 35.4 Å². The fraction of sp³-hybridized carbons (Fsp3) is 0.154. The average molecular weight is 355 g/mol. The van der Waals surface area contributed by atoms with E-state index in [0.717, 1.165) is 0 Å². The highest BCUT2D eigenvalue weighted by molar-refractivity contribution is 8.93. The molecule has 0 radical (unpaired) electrons. The van der Waals surface area contributed by atoms with Crippen molar-refractivity contribution in [2.75, 3.05) is 7.11 Å². The normalized spacial score (nSPS) is 13.2. The first-order chi connectivity index (χ1) is 9.11. The van der Waals surface area contributed by atoms with Gasteiger partial charge in [-0.2, -0.15) is 0 Å². The summed E-state index contributed by atoms with van der Waals surface area (Å²) in [5, 5.41) is 0. The number of aliphatic imine (C=N–C) groups is 2. The third-order valence-electron chi connectivity index (χ3n) is 2.47. The van der Waals surface area contributed by atoms with Gasteiger partial charge in [-0.15, -0.1) is 17.0 Å². The number of benzene rings is 1. The Morgan fingerprint density at radius 1 is 1.20 bits per heavy atom. The molecule has 0 aromatic heterocycles. The Morgan fingerprint density at radius 3 is 2.45 bits per heavy atom. The molecule has 1 aliphatic heterocycles. The van der Waals surface area contributed by atoms with Crippen LogP contribution in [0, 0.1) is 0 Å². The van der Waals surface area contributed by atoms with Gasteiger partial charge in [0.25, 0.3) is 0 Å². The van der Waals surface area contributed by atoms with Crippen LogP contribution >= 0.6 is 29.2 Å². The Balaban J connectivity index is 0.00000200. The standard InChI is InChI=1S/C13H10N2O3S.BrH/c1-18-13(17)11-12(19)15-10(14-11)7-9(16)8-5-3-2-4-6-8;/h2-6H,7H2,1H3;1H. The van der Waals surface area contributed by atoms with Gasteiger partial charge in [0.2, 0.25) is 0 Å². The van der Waals surface area contributed by atoms with E-state index in [4.69, 9.17) is 12.2 Å². The maximum atomic E-state index is 11.9. The van der Waals surface area contributed by atoms with Gasteiger partial charge < -0.3 is 4.74 Å². The largest absolute Gasteiger partial charge is 0.464 e. The number of carbonyl (C=O) groups is 2. The van der Waals surface area contributed by atoms with Crippen LogP contribution in [0.1, 0.15) is 16.8 Å². The quantitative estimate of drug-likeness (QED) is 0.472. The fourth-order valence-electron chi connectivity index (χ4n) is 1.55. The first-order valence-corrected chi connectivity index (χ1v) is 5.90. The lowest BCUT2D eigenvalue weighted by Gasteiger charge is -1.98. The van der Waals surface area contributed by atoms with Crippen LogP contribution in [0.2, 0.25) is 0 Å². The first-order valence-electron chi connectivity index (χ1n) is 5.49. The van der Waals surface area contributed by atoms with E-state index in [1.54, 1.807) is 24.3 Å². The molecule has 1 aromatic carbocycles. The van der Waals surface area contributed by atoms with Crippen molar-refractivity contribution >= 4 is 57.5 Å². The molecule has 0 unspecified atom stereocenters. The van der Waals surface area contributed by atoms with Gasteiger partial charge in [0.05, 0.1) is 13.5 Å². The number of hydrogen-bond donors (Lipinski definition) is 0. The number of ketones is 1. The zero-order valence-electron chi connectivity index (χ0n) is 10.5. The molecule has 0 fully saturated rings. The Labute approximate surface area is 131 Å². The fourth-order valence-corrected chi connectivity index (χ4v) is 1.78. The van der Waals surface area contributed by atoms with E-state index in [2.05, 4.69) is 14.7 Å². The predicted octanol–water partition coefficient (Wildman–Crippen LogP) is 2.19. The van der Waals surface area contributed by atoms with Crippen molar-refractivity contribution in [3.05, 3.63) is 35.9 Å². The van der Waals surface area contributed by atoms with Gasteiger partial charge in [0.1, 0.15) is 5.84 Å². The summed E-state index contributed by atoms with van der Waals surface area (Å²) in [6.07, 6.45) is 0.00461. The van der Waals surface area contributed by atoms with Crippen molar-refractivity contribution in [2.45, 2.75) is 6.42 Å². The number of Topliss-reactive ketones (excluding diaryl/α,β-unsaturated/α-hetero) is 1. The third kappa shape index (κ3) is 3.64. The molecule has 0 amide bonds. The van der Waals surface area contributed by atoms with E-state index in [1.165, 1.54) is 7.11 Å². The smallest absolute Gasteiger partial charge is 0.359 e. The molecule has 104 valence electrons. The SMILES string of the molecule is Br.COC(=O)C1=NC(CC(=O)c2ccccc2)=NC1=S. The van der Waals surface area contributed by atoms with Crippen molar-refractivity contribution in [2.24, 2.45) is 9.98 Å². The summed E-state index contributed by atoms with van der Waals surface area (Å²) in [5.41, 5.74) is 0.547. The number of esters is 1. The number of amidine groups is 1. The second kappa shape index (κ2) is 7.16. The zero-order valence-corrected chi connectivity index (χ0v) is 13.1. The average Bonchev–Trinajstić information content (AvgIpc) is 2.79. The third-order valence-corrected chi connectivity index (χ3v) is 2.75. The minimum Gasteiger partial charge on any atom is -0.464 e. The molecule has 1 aromatic rings. The number of thiocarbonyl (C=S) groups is 1. The first kappa shape index (κ1) is 16.3. The van der Waals surface area contributed by atoms with Gasteiger partial charge >= 0.3 is 5.97 Å². The van der Waals surface area contributed by atoms with Gasteiger partial charge in [-0.25, -0.2) is 14.8 Å². The highest BCUT2D eigenvalue weighted by Gasteiger charge is 2.25. The molecule has 1 aliphatic rings.